The number of nitrogens with one attached hydrogen (secondary N) is 2. The van der Waals surface area contributed by atoms with Gasteiger partial charge in [-0.1, -0.05) is 6.07 Å². The lowest BCUT2D eigenvalue weighted by molar-refractivity contribution is -0.117. The van der Waals surface area contributed by atoms with Crippen LogP contribution in [0.15, 0.2) is 40.9 Å². The van der Waals surface area contributed by atoms with E-state index in [1.165, 1.54) is 0 Å². The Kier molecular flexibility index (Phi) is 5.04. The first-order chi connectivity index (χ1) is 15.9. The quantitative estimate of drug-likeness (QED) is 0.458. The molecule has 1 aliphatic carbocycles. The third-order valence-electron chi connectivity index (χ3n) is 5.30. The molecule has 0 saturated heterocycles. The zero-order chi connectivity index (χ0) is 23.1. The van der Waals surface area contributed by atoms with E-state index < -0.39 is 0 Å². The molecule has 3 aromatic heterocycles. The molecule has 0 aliphatic heterocycles. The van der Waals surface area contributed by atoms with Crippen LogP contribution in [-0.4, -0.2) is 31.4 Å². The molecule has 2 amide bonds. The summed E-state index contributed by atoms with van der Waals surface area (Å²) in [5.74, 6) is 1.89. The van der Waals surface area contributed by atoms with E-state index in [0.717, 1.165) is 18.4 Å². The van der Waals surface area contributed by atoms with Crippen molar-refractivity contribution in [2.45, 2.75) is 33.6 Å². The van der Waals surface area contributed by atoms with Crippen LogP contribution in [0.5, 0.6) is 11.5 Å². The molecular formula is C23H22N6O4. The summed E-state index contributed by atoms with van der Waals surface area (Å²) in [6, 6.07) is 8.91. The van der Waals surface area contributed by atoms with Gasteiger partial charge in [0, 0.05) is 24.6 Å². The van der Waals surface area contributed by atoms with Crippen LogP contribution in [0.2, 0.25) is 0 Å². The fraction of sp³-hybridized carbons (Fsp3) is 0.261. The second kappa shape index (κ2) is 8.05. The van der Waals surface area contributed by atoms with Crippen LogP contribution in [0.3, 0.4) is 0 Å². The van der Waals surface area contributed by atoms with Crippen molar-refractivity contribution in [3.05, 3.63) is 59.4 Å². The molecule has 1 fully saturated rings. The SMILES string of the molecule is Cc1nc(C(=O)Nc2cc(Oc3ccc4nc(NC(=O)C5CC5)nn4c3)ccc2C)c(C)o1. The van der Waals surface area contributed by atoms with Gasteiger partial charge < -0.3 is 14.5 Å². The van der Waals surface area contributed by atoms with Crippen molar-refractivity contribution < 1.29 is 18.7 Å². The molecule has 1 aromatic carbocycles. The number of rotatable bonds is 6. The second-order valence-corrected chi connectivity index (χ2v) is 8.04. The summed E-state index contributed by atoms with van der Waals surface area (Å²) in [5.41, 5.74) is 2.31. The minimum absolute atomic E-state index is 0.0485. The number of nitrogens with zero attached hydrogens (tertiary/aromatic N) is 4. The maximum absolute atomic E-state index is 12.6. The summed E-state index contributed by atoms with van der Waals surface area (Å²) in [6.07, 6.45) is 3.50. The van der Waals surface area contributed by atoms with Gasteiger partial charge in [-0.3, -0.25) is 14.9 Å². The summed E-state index contributed by atoms with van der Waals surface area (Å²) >= 11 is 0. The lowest BCUT2D eigenvalue weighted by Gasteiger charge is -2.11. The highest BCUT2D eigenvalue weighted by Crippen LogP contribution is 2.30. The van der Waals surface area contributed by atoms with Gasteiger partial charge in [-0.05, 0) is 50.5 Å². The summed E-state index contributed by atoms with van der Waals surface area (Å²) in [5, 5.41) is 9.90. The molecule has 0 radical (unpaired) electrons. The van der Waals surface area contributed by atoms with Crippen molar-refractivity contribution in [3.8, 4) is 11.5 Å². The van der Waals surface area contributed by atoms with Gasteiger partial charge in [-0.15, -0.1) is 5.10 Å². The molecule has 33 heavy (non-hydrogen) atoms. The average Bonchev–Trinajstić information content (AvgIpc) is 3.46. The van der Waals surface area contributed by atoms with E-state index in [9.17, 15) is 9.59 Å². The number of aryl methyl sites for hydroxylation is 3. The van der Waals surface area contributed by atoms with Gasteiger partial charge in [-0.2, -0.15) is 4.98 Å². The maximum atomic E-state index is 12.6. The third-order valence-corrected chi connectivity index (χ3v) is 5.30. The molecule has 0 bridgehead atoms. The van der Waals surface area contributed by atoms with Crippen LogP contribution >= 0.6 is 0 Å². The first-order valence-corrected chi connectivity index (χ1v) is 10.6. The van der Waals surface area contributed by atoms with E-state index in [1.54, 1.807) is 42.8 Å². The molecule has 0 spiro atoms. The van der Waals surface area contributed by atoms with Gasteiger partial charge in [0.05, 0.1) is 6.20 Å². The van der Waals surface area contributed by atoms with Crippen molar-refractivity contribution >= 4 is 29.1 Å². The molecule has 10 heteroatoms. The van der Waals surface area contributed by atoms with Gasteiger partial charge in [0.1, 0.15) is 17.3 Å². The molecule has 0 unspecified atom stereocenters. The molecule has 1 saturated carbocycles. The Morgan fingerprint density at radius 1 is 1.06 bits per heavy atom. The van der Waals surface area contributed by atoms with Crippen LogP contribution in [0.4, 0.5) is 11.6 Å². The number of hydrogen-bond donors (Lipinski definition) is 2. The summed E-state index contributed by atoms with van der Waals surface area (Å²) < 4.78 is 12.9. The van der Waals surface area contributed by atoms with Gasteiger partial charge in [0.15, 0.2) is 17.2 Å². The van der Waals surface area contributed by atoms with Crippen molar-refractivity contribution in [1.29, 1.82) is 0 Å². The number of hydrogen-bond acceptors (Lipinski definition) is 7. The number of amides is 2. The van der Waals surface area contributed by atoms with Crippen LogP contribution in [0.25, 0.3) is 5.65 Å². The predicted molar refractivity (Wildman–Crippen MR) is 120 cm³/mol. The Bertz CT molecular complexity index is 1390. The molecule has 4 aromatic rings. The second-order valence-electron chi connectivity index (χ2n) is 8.04. The number of pyridine rings is 1. The Hall–Kier alpha value is -4.21. The largest absolute Gasteiger partial charge is 0.456 e. The van der Waals surface area contributed by atoms with Crippen molar-refractivity contribution in [3.63, 3.8) is 0 Å². The van der Waals surface area contributed by atoms with Gasteiger partial charge in [0.25, 0.3) is 5.91 Å². The topological polar surface area (TPSA) is 124 Å². The molecule has 168 valence electrons. The Morgan fingerprint density at radius 2 is 1.85 bits per heavy atom. The van der Waals surface area contributed by atoms with Crippen molar-refractivity contribution in [2.24, 2.45) is 5.92 Å². The molecular weight excluding hydrogens is 424 g/mol. The summed E-state index contributed by atoms with van der Waals surface area (Å²) in [4.78, 5) is 33.0. The average molecular weight is 446 g/mol. The van der Waals surface area contributed by atoms with Crippen LogP contribution in [-0.2, 0) is 4.79 Å². The van der Waals surface area contributed by atoms with Crippen molar-refractivity contribution in [2.75, 3.05) is 10.6 Å². The van der Waals surface area contributed by atoms with Crippen molar-refractivity contribution in [1.82, 2.24) is 19.6 Å². The number of anilines is 2. The summed E-state index contributed by atoms with van der Waals surface area (Å²) in [6.45, 7) is 5.28. The third kappa shape index (κ3) is 4.40. The number of fused-ring (bicyclic) bond motifs is 1. The molecule has 3 heterocycles. The van der Waals surface area contributed by atoms with Gasteiger partial charge in [0.2, 0.25) is 11.9 Å². The predicted octanol–water partition coefficient (Wildman–Crippen LogP) is 4.04. The van der Waals surface area contributed by atoms with Gasteiger partial charge in [-0.25, -0.2) is 9.50 Å². The van der Waals surface area contributed by atoms with Crippen LogP contribution < -0.4 is 15.4 Å². The van der Waals surface area contributed by atoms with E-state index in [1.807, 2.05) is 19.1 Å². The number of benzene rings is 1. The summed E-state index contributed by atoms with van der Waals surface area (Å²) in [7, 11) is 0. The number of carbonyl (C=O) groups is 2. The Morgan fingerprint density at radius 3 is 2.58 bits per heavy atom. The first-order valence-electron chi connectivity index (χ1n) is 10.6. The monoisotopic (exact) mass is 446 g/mol. The highest BCUT2D eigenvalue weighted by molar-refractivity contribution is 6.04. The van der Waals surface area contributed by atoms with E-state index in [0.29, 0.717) is 34.5 Å². The van der Waals surface area contributed by atoms with E-state index >= 15 is 0 Å². The highest BCUT2D eigenvalue weighted by Gasteiger charge is 2.30. The molecule has 1 aliphatic rings. The molecule has 0 atom stereocenters. The fourth-order valence-corrected chi connectivity index (χ4v) is 3.39. The Labute approximate surface area is 189 Å². The highest BCUT2D eigenvalue weighted by atomic mass is 16.5. The lowest BCUT2D eigenvalue weighted by Crippen LogP contribution is -2.14. The number of aromatic nitrogens is 4. The smallest absolute Gasteiger partial charge is 0.277 e. The number of ether oxygens (including phenoxy) is 1. The number of oxazole rings is 1. The zero-order valence-corrected chi connectivity index (χ0v) is 18.4. The standard InChI is InChI=1S/C23H22N6O4/c1-12-4-7-16(10-18(12)25-22(31)20-13(2)32-14(3)24-20)33-17-8-9-19-26-23(28-29(19)11-17)27-21(30)15-5-6-15/h4,7-11,15H,5-6H2,1-3H3,(H,25,31)(H,27,28,30). The van der Waals surface area contributed by atoms with E-state index in [2.05, 4.69) is 25.7 Å². The molecule has 2 N–H and O–H groups in total. The minimum Gasteiger partial charge on any atom is -0.456 e. The van der Waals surface area contributed by atoms with E-state index in [4.69, 9.17) is 9.15 Å². The van der Waals surface area contributed by atoms with Gasteiger partial charge >= 0.3 is 0 Å². The fourth-order valence-electron chi connectivity index (χ4n) is 3.39. The number of carbonyl (C=O) groups excluding carboxylic acids is 2. The molecule has 10 nitrogen and oxygen atoms in total. The maximum Gasteiger partial charge on any atom is 0.277 e. The Balaban J connectivity index is 1.32. The lowest BCUT2D eigenvalue weighted by atomic mass is 10.2. The normalized spacial score (nSPS) is 13.2. The van der Waals surface area contributed by atoms with E-state index in [-0.39, 0.29) is 29.4 Å². The first kappa shape index (κ1) is 20.7. The zero-order valence-electron chi connectivity index (χ0n) is 18.4. The minimum atomic E-state index is -0.352. The van der Waals surface area contributed by atoms with Crippen LogP contribution in [0.1, 0.15) is 40.5 Å². The molecule has 5 rings (SSSR count). The van der Waals surface area contributed by atoms with Crippen LogP contribution in [0, 0.1) is 26.7 Å².